The first-order valence-electron chi connectivity index (χ1n) is 8.38. The van der Waals surface area contributed by atoms with Gasteiger partial charge in [-0.2, -0.15) is 0 Å². The molecule has 3 aromatic rings. The van der Waals surface area contributed by atoms with E-state index >= 15 is 0 Å². The number of nitrogens with zero attached hydrogens (tertiary/aromatic N) is 1. The second-order valence-corrected chi connectivity index (χ2v) is 5.21. The topological polar surface area (TPSA) is 54.0 Å². The van der Waals surface area contributed by atoms with Gasteiger partial charge in [-0.05, 0) is 36.4 Å². The number of aromatic nitrogens is 1. The van der Waals surface area contributed by atoms with Crippen molar-refractivity contribution in [2.24, 2.45) is 0 Å². The highest BCUT2D eigenvalue weighted by atomic mass is 19.2. The number of amides is 1. The van der Waals surface area contributed by atoms with E-state index in [-0.39, 0.29) is 17.2 Å². The number of carbonyl (C=O) groups is 1. The van der Waals surface area contributed by atoms with Crippen LogP contribution in [0.3, 0.4) is 0 Å². The van der Waals surface area contributed by atoms with Crippen molar-refractivity contribution in [1.82, 2.24) is 4.98 Å². The Morgan fingerprint density at radius 3 is 2.07 bits per heavy atom. The molecule has 0 aliphatic rings. The maximum absolute atomic E-state index is 13.6. The van der Waals surface area contributed by atoms with E-state index in [1.807, 2.05) is 13.8 Å². The largest absolute Gasteiger partial charge is 0.338 e. The zero-order valence-corrected chi connectivity index (χ0v) is 15.1. The SMILES string of the molecule is CC.O=C(Nc1ccc(Nc2cccc(F)c2F)nc1)c1c(F)cccc1F. The Labute approximate surface area is 159 Å². The van der Waals surface area contributed by atoms with Crippen LogP contribution in [0.5, 0.6) is 0 Å². The van der Waals surface area contributed by atoms with Crippen LogP contribution in [0, 0.1) is 23.3 Å². The summed E-state index contributed by atoms with van der Waals surface area (Å²) in [5.74, 6) is -4.83. The lowest BCUT2D eigenvalue weighted by atomic mass is 10.2. The minimum absolute atomic E-state index is 0.109. The first-order valence-corrected chi connectivity index (χ1v) is 8.38. The second-order valence-electron chi connectivity index (χ2n) is 5.21. The second kappa shape index (κ2) is 9.50. The van der Waals surface area contributed by atoms with Crippen LogP contribution in [0.1, 0.15) is 24.2 Å². The molecule has 8 heteroatoms. The Morgan fingerprint density at radius 1 is 0.857 bits per heavy atom. The third-order valence-corrected chi connectivity index (χ3v) is 3.43. The van der Waals surface area contributed by atoms with Crippen molar-refractivity contribution in [3.8, 4) is 0 Å². The Balaban J connectivity index is 0.00000136. The standard InChI is InChI=1S/C18H11F4N3O.C2H6/c19-11-3-1-4-12(20)16(11)18(26)24-10-7-8-15(23-9-10)25-14-6-2-5-13(21)17(14)22;1-2/h1-9H,(H,23,25)(H,24,26);1-2H3. The average Bonchev–Trinajstić information content (AvgIpc) is 2.68. The van der Waals surface area contributed by atoms with Gasteiger partial charge in [0.25, 0.3) is 5.91 Å². The monoisotopic (exact) mass is 391 g/mol. The van der Waals surface area contributed by atoms with Gasteiger partial charge in [-0.15, -0.1) is 0 Å². The molecule has 0 radical (unpaired) electrons. The van der Waals surface area contributed by atoms with E-state index in [1.54, 1.807) is 0 Å². The fraction of sp³-hybridized carbons (Fsp3) is 0.100. The van der Waals surface area contributed by atoms with Crippen molar-refractivity contribution in [1.29, 1.82) is 0 Å². The molecular formula is C20H17F4N3O. The quantitative estimate of drug-likeness (QED) is 0.564. The number of pyridine rings is 1. The molecule has 3 rings (SSSR count). The van der Waals surface area contributed by atoms with Gasteiger partial charge in [0.05, 0.1) is 17.6 Å². The molecule has 0 saturated carbocycles. The molecular weight excluding hydrogens is 374 g/mol. The summed E-state index contributed by atoms with van der Waals surface area (Å²) in [6.45, 7) is 4.00. The van der Waals surface area contributed by atoms with Crippen LogP contribution in [0.2, 0.25) is 0 Å². The Morgan fingerprint density at radius 2 is 1.46 bits per heavy atom. The van der Waals surface area contributed by atoms with Crippen LogP contribution >= 0.6 is 0 Å². The van der Waals surface area contributed by atoms with Crippen molar-refractivity contribution in [2.45, 2.75) is 13.8 Å². The summed E-state index contributed by atoms with van der Waals surface area (Å²) in [6.07, 6.45) is 1.20. The van der Waals surface area contributed by atoms with Gasteiger partial charge in [-0.25, -0.2) is 22.5 Å². The summed E-state index contributed by atoms with van der Waals surface area (Å²) < 4.78 is 54.0. The van der Waals surface area contributed by atoms with E-state index < -0.39 is 34.7 Å². The number of hydrogen-bond acceptors (Lipinski definition) is 3. The van der Waals surface area contributed by atoms with Crippen molar-refractivity contribution in [3.05, 3.63) is 83.6 Å². The van der Waals surface area contributed by atoms with Crippen LogP contribution in [0.15, 0.2) is 54.7 Å². The van der Waals surface area contributed by atoms with Crippen molar-refractivity contribution >= 4 is 23.1 Å². The highest BCUT2D eigenvalue weighted by molar-refractivity contribution is 6.04. The van der Waals surface area contributed by atoms with E-state index in [0.29, 0.717) is 0 Å². The fourth-order valence-electron chi connectivity index (χ4n) is 2.19. The Kier molecular flexibility index (Phi) is 7.08. The van der Waals surface area contributed by atoms with Gasteiger partial charge >= 0.3 is 0 Å². The highest BCUT2D eigenvalue weighted by Gasteiger charge is 2.17. The zero-order chi connectivity index (χ0) is 20.7. The van der Waals surface area contributed by atoms with E-state index in [0.717, 1.165) is 24.3 Å². The molecule has 2 N–H and O–H groups in total. The van der Waals surface area contributed by atoms with Gasteiger partial charge in [-0.1, -0.05) is 26.0 Å². The summed E-state index contributed by atoms with van der Waals surface area (Å²) in [7, 11) is 0. The van der Waals surface area contributed by atoms with Crippen molar-refractivity contribution < 1.29 is 22.4 Å². The molecule has 146 valence electrons. The first kappa shape index (κ1) is 20.9. The zero-order valence-electron chi connectivity index (χ0n) is 15.1. The minimum atomic E-state index is -1.05. The van der Waals surface area contributed by atoms with Crippen LogP contribution in [-0.4, -0.2) is 10.9 Å². The molecule has 0 aliphatic carbocycles. The number of carbonyl (C=O) groups excluding carboxylic acids is 1. The molecule has 1 heterocycles. The number of halogens is 4. The molecule has 0 spiro atoms. The maximum Gasteiger partial charge on any atom is 0.261 e. The Hall–Kier alpha value is -3.42. The Bertz CT molecular complexity index is 942. The van der Waals surface area contributed by atoms with Crippen molar-refractivity contribution in [3.63, 3.8) is 0 Å². The van der Waals surface area contributed by atoms with Gasteiger partial charge in [0, 0.05) is 0 Å². The smallest absolute Gasteiger partial charge is 0.261 e. The van der Waals surface area contributed by atoms with Crippen LogP contribution in [-0.2, 0) is 0 Å². The van der Waals surface area contributed by atoms with Crippen LogP contribution in [0.25, 0.3) is 0 Å². The van der Waals surface area contributed by atoms with Gasteiger partial charge < -0.3 is 10.6 Å². The highest BCUT2D eigenvalue weighted by Crippen LogP contribution is 2.21. The summed E-state index contributed by atoms with van der Waals surface area (Å²) in [5, 5.41) is 4.89. The van der Waals surface area contributed by atoms with Gasteiger partial charge in [0.1, 0.15) is 23.0 Å². The molecule has 0 atom stereocenters. The lowest BCUT2D eigenvalue weighted by molar-refractivity contribution is 0.101. The number of hydrogen-bond donors (Lipinski definition) is 2. The number of benzene rings is 2. The molecule has 2 aromatic carbocycles. The minimum Gasteiger partial charge on any atom is -0.338 e. The normalized spacial score (nSPS) is 9.93. The summed E-state index contributed by atoms with van der Waals surface area (Å²) >= 11 is 0. The van der Waals surface area contributed by atoms with Gasteiger partial charge in [-0.3, -0.25) is 4.79 Å². The molecule has 0 fully saturated rings. The number of anilines is 3. The predicted octanol–water partition coefficient (Wildman–Crippen LogP) is 5.66. The average molecular weight is 391 g/mol. The first-order chi connectivity index (χ1) is 13.5. The van der Waals surface area contributed by atoms with Gasteiger partial charge in [0.2, 0.25) is 0 Å². The molecule has 1 amide bonds. The molecule has 0 aliphatic heterocycles. The third-order valence-electron chi connectivity index (χ3n) is 3.43. The summed E-state index contributed by atoms with van der Waals surface area (Å²) in [5.41, 5.74) is -0.651. The van der Waals surface area contributed by atoms with Crippen LogP contribution < -0.4 is 10.6 Å². The molecule has 0 saturated heterocycles. The van der Waals surface area contributed by atoms with E-state index in [1.165, 1.54) is 30.5 Å². The van der Waals surface area contributed by atoms with E-state index in [2.05, 4.69) is 15.6 Å². The molecule has 0 bridgehead atoms. The molecule has 1 aromatic heterocycles. The van der Waals surface area contributed by atoms with E-state index in [4.69, 9.17) is 0 Å². The lowest BCUT2D eigenvalue weighted by Crippen LogP contribution is -2.16. The number of rotatable bonds is 4. The fourth-order valence-corrected chi connectivity index (χ4v) is 2.19. The third kappa shape index (κ3) is 4.85. The maximum atomic E-state index is 13.6. The van der Waals surface area contributed by atoms with Crippen LogP contribution in [0.4, 0.5) is 34.8 Å². The number of nitrogens with one attached hydrogen (secondary N) is 2. The molecule has 28 heavy (non-hydrogen) atoms. The van der Waals surface area contributed by atoms with E-state index in [9.17, 15) is 22.4 Å². The predicted molar refractivity (Wildman–Crippen MR) is 99.5 cm³/mol. The summed E-state index contributed by atoms with van der Waals surface area (Å²) in [6, 6.07) is 9.51. The lowest BCUT2D eigenvalue weighted by Gasteiger charge is -2.09. The molecule has 0 unspecified atom stereocenters. The summed E-state index contributed by atoms with van der Waals surface area (Å²) in [4.78, 5) is 15.9. The molecule has 4 nitrogen and oxygen atoms in total. The van der Waals surface area contributed by atoms with Crippen molar-refractivity contribution in [2.75, 3.05) is 10.6 Å². The van der Waals surface area contributed by atoms with Gasteiger partial charge in [0.15, 0.2) is 11.6 Å².